The summed E-state index contributed by atoms with van der Waals surface area (Å²) in [7, 11) is 1.47. The van der Waals surface area contributed by atoms with Gasteiger partial charge in [0.25, 0.3) is 5.91 Å². The van der Waals surface area contributed by atoms with Crippen molar-refractivity contribution in [3.05, 3.63) is 17.2 Å². The smallest absolute Gasteiger partial charge is 0.270 e. The molecule has 0 fully saturated rings. The van der Waals surface area contributed by atoms with Gasteiger partial charge in [0, 0.05) is 7.05 Å². The van der Waals surface area contributed by atoms with E-state index in [1.54, 1.807) is 0 Å². The number of carbonyl (C=O) groups excluding carboxylic acids is 1. The van der Waals surface area contributed by atoms with Gasteiger partial charge in [-0.3, -0.25) is 9.48 Å². The number of amides is 1. The zero-order valence-electron chi connectivity index (χ0n) is 6.26. The molecule has 0 saturated carbocycles. The predicted octanol–water partition coefficient (Wildman–Crippen LogP) is -0.0335. The minimum Gasteiger partial charge on any atom is -0.364 e. The zero-order chi connectivity index (χ0) is 8.59. The molecule has 0 radical (unpaired) electrons. The van der Waals surface area contributed by atoms with Crippen LogP contribution in [0, 0.1) is 12.7 Å². The van der Waals surface area contributed by atoms with Crippen LogP contribution < -0.4 is 5.73 Å². The molecule has 4 nitrogen and oxygen atoms in total. The molecule has 0 spiro atoms. The van der Waals surface area contributed by atoms with E-state index in [2.05, 4.69) is 5.10 Å². The summed E-state index contributed by atoms with van der Waals surface area (Å²) in [5.41, 5.74) is 4.89. The highest BCUT2D eigenvalue weighted by atomic mass is 19.1. The minimum atomic E-state index is -0.800. The molecule has 0 saturated heterocycles. The van der Waals surface area contributed by atoms with Gasteiger partial charge in [-0.25, -0.2) is 4.39 Å². The Labute approximate surface area is 62.8 Å². The fraction of sp³-hybridized carbons (Fsp3) is 0.333. The van der Waals surface area contributed by atoms with Gasteiger partial charge in [0.1, 0.15) is 0 Å². The standard InChI is InChI=1S/C6H8FN3O/c1-3-4(7)5(6(8)11)10(2)9-3/h1-2H3,(H2,8,11). The van der Waals surface area contributed by atoms with Crippen LogP contribution in [0.5, 0.6) is 0 Å². The SMILES string of the molecule is Cc1nn(C)c(C(N)=O)c1F. The van der Waals surface area contributed by atoms with Gasteiger partial charge >= 0.3 is 0 Å². The van der Waals surface area contributed by atoms with E-state index in [4.69, 9.17) is 5.73 Å². The summed E-state index contributed by atoms with van der Waals surface area (Å²) in [6.45, 7) is 1.47. The van der Waals surface area contributed by atoms with E-state index in [9.17, 15) is 9.18 Å². The van der Waals surface area contributed by atoms with Gasteiger partial charge in [0.15, 0.2) is 11.5 Å². The number of aryl methyl sites for hydroxylation is 2. The van der Waals surface area contributed by atoms with Crippen molar-refractivity contribution in [1.29, 1.82) is 0 Å². The van der Waals surface area contributed by atoms with Crippen LogP contribution in [0.15, 0.2) is 0 Å². The number of nitrogens with two attached hydrogens (primary N) is 1. The normalized spacial score (nSPS) is 10.1. The van der Waals surface area contributed by atoms with Gasteiger partial charge in [0.05, 0.1) is 5.69 Å². The van der Waals surface area contributed by atoms with E-state index in [0.717, 1.165) is 4.68 Å². The Morgan fingerprint density at radius 3 is 2.45 bits per heavy atom. The predicted molar refractivity (Wildman–Crippen MR) is 36.4 cm³/mol. The number of primary amides is 1. The lowest BCUT2D eigenvalue weighted by Gasteiger charge is -1.93. The van der Waals surface area contributed by atoms with Crippen molar-refractivity contribution in [2.45, 2.75) is 6.92 Å². The minimum absolute atomic E-state index is 0.178. The summed E-state index contributed by atoms with van der Waals surface area (Å²) in [6, 6.07) is 0. The molecule has 0 unspecified atom stereocenters. The average Bonchev–Trinajstić information content (AvgIpc) is 2.07. The Morgan fingerprint density at radius 2 is 2.27 bits per heavy atom. The van der Waals surface area contributed by atoms with Gasteiger partial charge in [-0.05, 0) is 6.92 Å². The first-order valence-corrected chi connectivity index (χ1v) is 3.03. The number of halogens is 1. The van der Waals surface area contributed by atoms with Crippen molar-refractivity contribution in [2.75, 3.05) is 0 Å². The van der Waals surface area contributed by atoms with Crippen molar-refractivity contribution in [1.82, 2.24) is 9.78 Å². The highest BCUT2D eigenvalue weighted by molar-refractivity contribution is 5.91. The van der Waals surface area contributed by atoms with Gasteiger partial charge in [-0.1, -0.05) is 0 Å². The summed E-state index contributed by atoms with van der Waals surface area (Å²) in [5, 5.41) is 3.67. The molecule has 1 amide bonds. The quantitative estimate of drug-likeness (QED) is 0.622. The summed E-state index contributed by atoms with van der Waals surface area (Å²) in [6.07, 6.45) is 0. The molecule has 0 aliphatic rings. The third-order valence-corrected chi connectivity index (χ3v) is 1.38. The Kier molecular flexibility index (Phi) is 1.64. The van der Waals surface area contributed by atoms with E-state index >= 15 is 0 Å². The Hall–Kier alpha value is -1.39. The number of rotatable bonds is 1. The monoisotopic (exact) mass is 157 g/mol. The Bertz CT molecular complexity index is 305. The van der Waals surface area contributed by atoms with E-state index < -0.39 is 11.7 Å². The van der Waals surface area contributed by atoms with E-state index in [1.165, 1.54) is 14.0 Å². The van der Waals surface area contributed by atoms with Crippen LogP contribution in [-0.4, -0.2) is 15.7 Å². The molecule has 5 heteroatoms. The fourth-order valence-corrected chi connectivity index (χ4v) is 0.900. The maximum Gasteiger partial charge on any atom is 0.270 e. The third kappa shape index (κ3) is 1.09. The van der Waals surface area contributed by atoms with E-state index in [1.807, 2.05) is 0 Å². The van der Waals surface area contributed by atoms with Gasteiger partial charge in [-0.15, -0.1) is 0 Å². The lowest BCUT2D eigenvalue weighted by atomic mass is 10.3. The molecule has 0 aliphatic carbocycles. The summed E-state index contributed by atoms with van der Waals surface area (Å²) >= 11 is 0. The van der Waals surface area contributed by atoms with E-state index in [0.29, 0.717) is 0 Å². The van der Waals surface area contributed by atoms with Crippen LogP contribution >= 0.6 is 0 Å². The maximum absolute atomic E-state index is 12.9. The largest absolute Gasteiger partial charge is 0.364 e. The fourth-order valence-electron chi connectivity index (χ4n) is 0.900. The molecular formula is C6H8FN3O. The van der Waals surface area contributed by atoms with Crippen LogP contribution in [0.25, 0.3) is 0 Å². The zero-order valence-corrected chi connectivity index (χ0v) is 6.26. The molecule has 0 aromatic carbocycles. The summed E-state index contributed by atoms with van der Waals surface area (Å²) in [5.74, 6) is -1.44. The molecule has 0 aliphatic heterocycles. The first kappa shape index (κ1) is 7.71. The second-order valence-corrected chi connectivity index (χ2v) is 2.24. The molecule has 1 heterocycles. The van der Waals surface area contributed by atoms with Crippen molar-refractivity contribution >= 4 is 5.91 Å². The van der Waals surface area contributed by atoms with Crippen LogP contribution in [0.4, 0.5) is 4.39 Å². The third-order valence-electron chi connectivity index (χ3n) is 1.38. The van der Waals surface area contributed by atoms with Crippen LogP contribution in [-0.2, 0) is 7.05 Å². The van der Waals surface area contributed by atoms with Gasteiger partial charge in [-0.2, -0.15) is 5.10 Å². The Balaban J connectivity index is 3.34. The molecule has 0 bridgehead atoms. The van der Waals surface area contributed by atoms with Crippen LogP contribution in [0.1, 0.15) is 16.2 Å². The van der Waals surface area contributed by atoms with Gasteiger partial charge in [0.2, 0.25) is 0 Å². The lowest BCUT2D eigenvalue weighted by Crippen LogP contribution is -2.17. The molecule has 1 aromatic heterocycles. The van der Waals surface area contributed by atoms with Crippen LogP contribution in [0.3, 0.4) is 0 Å². The van der Waals surface area contributed by atoms with Gasteiger partial charge < -0.3 is 5.73 Å². The molecule has 2 N–H and O–H groups in total. The lowest BCUT2D eigenvalue weighted by molar-refractivity contribution is 0.0987. The van der Waals surface area contributed by atoms with Crippen molar-refractivity contribution in [2.24, 2.45) is 12.8 Å². The highest BCUT2D eigenvalue weighted by Gasteiger charge is 2.16. The second-order valence-electron chi connectivity index (χ2n) is 2.24. The second kappa shape index (κ2) is 2.34. The molecule has 11 heavy (non-hydrogen) atoms. The van der Waals surface area contributed by atoms with Crippen molar-refractivity contribution in [3.63, 3.8) is 0 Å². The molecular weight excluding hydrogens is 149 g/mol. The molecule has 1 rings (SSSR count). The summed E-state index contributed by atoms with van der Waals surface area (Å²) < 4.78 is 14.0. The van der Waals surface area contributed by atoms with Crippen LogP contribution in [0.2, 0.25) is 0 Å². The topological polar surface area (TPSA) is 60.9 Å². The number of hydrogen-bond donors (Lipinski definition) is 1. The first-order chi connectivity index (χ1) is 5.04. The Morgan fingerprint density at radius 1 is 1.73 bits per heavy atom. The molecule has 60 valence electrons. The molecule has 0 atom stereocenters. The van der Waals surface area contributed by atoms with E-state index in [-0.39, 0.29) is 11.4 Å². The van der Waals surface area contributed by atoms with Crippen molar-refractivity contribution in [3.8, 4) is 0 Å². The highest BCUT2D eigenvalue weighted by Crippen LogP contribution is 2.08. The van der Waals surface area contributed by atoms with Crippen molar-refractivity contribution < 1.29 is 9.18 Å². The molecule has 1 aromatic rings. The number of hydrogen-bond acceptors (Lipinski definition) is 2. The summed E-state index contributed by atoms with van der Waals surface area (Å²) in [4.78, 5) is 10.6. The first-order valence-electron chi connectivity index (χ1n) is 3.03. The number of nitrogens with zero attached hydrogens (tertiary/aromatic N) is 2. The number of carbonyl (C=O) groups is 1. The average molecular weight is 157 g/mol. The maximum atomic E-state index is 12.9. The number of aromatic nitrogens is 2.